The minimum Gasteiger partial charge on any atom is -0.355 e. The van der Waals surface area contributed by atoms with Crippen LogP contribution in [0.1, 0.15) is 0 Å². The van der Waals surface area contributed by atoms with Crippen molar-refractivity contribution in [2.45, 2.75) is 0 Å². The molecule has 0 amide bonds. The van der Waals surface area contributed by atoms with E-state index in [0.717, 1.165) is 24.3 Å². The standard InChI is InChI=1S/C12H7F4N/c13-7-1-8(14)4-11(3-7)17-12-5-9(15)2-10(16)6-12/h1-6,17H. The first-order valence-electron chi connectivity index (χ1n) is 4.72. The van der Waals surface area contributed by atoms with Crippen LogP contribution in [0.15, 0.2) is 36.4 Å². The Labute approximate surface area is 94.7 Å². The average molecular weight is 241 g/mol. The van der Waals surface area contributed by atoms with Gasteiger partial charge < -0.3 is 5.32 Å². The molecule has 0 aliphatic heterocycles. The van der Waals surface area contributed by atoms with E-state index in [1.54, 1.807) is 0 Å². The molecule has 0 aliphatic carbocycles. The summed E-state index contributed by atoms with van der Waals surface area (Å²) < 4.78 is 51.4. The molecule has 0 aromatic heterocycles. The summed E-state index contributed by atoms with van der Waals surface area (Å²) >= 11 is 0. The minimum absolute atomic E-state index is 0.0764. The number of hydrogen-bond donors (Lipinski definition) is 1. The molecule has 0 spiro atoms. The second-order valence-electron chi connectivity index (χ2n) is 3.44. The van der Waals surface area contributed by atoms with E-state index in [2.05, 4.69) is 5.32 Å². The summed E-state index contributed by atoms with van der Waals surface area (Å²) in [7, 11) is 0. The number of anilines is 2. The third-order valence-electron chi connectivity index (χ3n) is 2.01. The van der Waals surface area contributed by atoms with Gasteiger partial charge >= 0.3 is 0 Å². The van der Waals surface area contributed by atoms with Crippen LogP contribution < -0.4 is 5.32 Å². The van der Waals surface area contributed by atoms with Crippen molar-refractivity contribution in [2.75, 3.05) is 5.32 Å². The van der Waals surface area contributed by atoms with E-state index >= 15 is 0 Å². The van der Waals surface area contributed by atoms with E-state index in [4.69, 9.17) is 0 Å². The fraction of sp³-hybridized carbons (Fsp3) is 0. The highest BCUT2D eigenvalue weighted by Gasteiger charge is 2.03. The maximum Gasteiger partial charge on any atom is 0.128 e. The van der Waals surface area contributed by atoms with E-state index in [1.807, 2.05) is 0 Å². The molecule has 0 aliphatic rings. The molecular weight excluding hydrogens is 234 g/mol. The van der Waals surface area contributed by atoms with Crippen LogP contribution in [0.25, 0.3) is 0 Å². The first-order valence-corrected chi connectivity index (χ1v) is 4.72. The Morgan fingerprint density at radius 2 is 0.824 bits per heavy atom. The molecule has 1 nitrogen and oxygen atoms in total. The third-order valence-corrected chi connectivity index (χ3v) is 2.01. The Bertz CT molecular complexity index is 464. The quantitative estimate of drug-likeness (QED) is 0.784. The van der Waals surface area contributed by atoms with Gasteiger partial charge in [-0.15, -0.1) is 0 Å². The molecule has 2 rings (SSSR count). The van der Waals surface area contributed by atoms with E-state index in [9.17, 15) is 17.6 Å². The van der Waals surface area contributed by atoms with Crippen LogP contribution in [-0.4, -0.2) is 0 Å². The third kappa shape index (κ3) is 2.96. The molecule has 0 saturated heterocycles. The first-order chi connectivity index (χ1) is 8.02. The van der Waals surface area contributed by atoms with Gasteiger partial charge in [0.2, 0.25) is 0 Å². The highest BCUT2D eigenvalue weighted by Crippen LogP contribution is 2.20. The van der Waals surface area contributed by atoms with Crippen molar-refractivity contribution in [3.05, 3.63) is 59.7 Å². The summed E-state index contributed by atoms with van der Waals surface area (Å²) in [5.74, 6) is -3.09. The van der Waals surface area contributed by atoms with Gasteiger partial charge in [0, 0.05) is 23.5 Å². The van der Waals surface area contributed by atoms with Gasteiger partial charge in [-0.25, -0.2) is 17.6 Å². The molecule has 0 atom stereocenters. The van der Waals surface area contributed by atoms with Crippen LogP contribution in [0.2, 0.25) is 0 Å². The van der Waals surface area contributed by atoms with Crippen molar-refractivity contribution in [3.63, 3.8) is 0 Å². The lowest BCUT2D eigenvalue weighted by Crippen LogP contribution is -1.94. The predicted octanol–water partition coefficient (Wildman–Crippen LogP) is 3.99. The molecule has 0 saturated carbocycles. The summed E-state index contributed by atoms with van der Waals surface area (Å²) in [5.41, 5.74) is 0.153. The maximum absolute atomic E-state index is 12.9. The lowest BCUT2D eigenvalue weighted by molar-refractivity contribution is 0.584. The Hall–Kier alpha value is -2.04. The fourth-order valence-corrected chi connectivity index (χ4v) is 1.42. The Morgan fingerprint density at radius 3 is 1.12 bits per heavy atom. The Kier molecular flexibility index (Phi) is 2.99. The molecule has 0 bridgehead atoms. The molecule has 2 aromatic carbocycles. The summed E-state index contributed by atoms with van der Waals surface area (Å²) in [6.07, 6.45) is 0. The summed E-state index contributed by atoms with van der Waals surface area (Å²) in [6, 6.07) is 5.49. The highest BCUT2D eigenvalue weighted by molar-refractivity contribution is 5.59. The normalized spacial score (nSPS) is 10.4. The Morgan fingerprint density at radius 1 is 0.529 bits per heavy atom. The van der Waals surface area contributed by atoms with Gasteiger partial charge in [-0.1, -0.05) is 0 Å². The number of benzene rings is 2. The molecule has 0 radical (unpaired) electrons. The molecule has 0 unspecified atom stereocenters. The van der Waals surface area contributed by atoms with Gasteiger partial charge in [-0.05, 0) is 24.3 Å². The van der Waals surface area contributed by atoms with Crippen molar-refractivity contribution in [1.82, 2.24) is 0 Å². The number of hydrogen-bond acceptors (Lipinski definition) is 1. The van der Waals surface area contributed by atoms with E-state index < -0.39 is 23.3 Å². The van der Waals surface area contributed by atoms with Crippen molar-refractivity contribution >= 4 is 11.4 Å². The van der Waals surface area contributed by atoms with E-state index in [1.165, 1.54) is 0 Å². The fourth-order valence-electron chi connectivity index (χ4n) is 1.42. The molecule has 88 valence electrons. The molecular formula is C12H7F4N. The molecule has 17 heavy (non-hydrogen) atoms. The van der Waals surface area contributed by atoms with Crippen LogP contribution in [0.5, 0.6) is 0 Å². The van der Waals surface area contributed by atoms with Gasteiger partial charge in [0.1, 0.15) is 23.3 Å². The van der Waals surface area contributed by atoms with Gasteiger partial charge in [-0.3, -0.25) is 0 Å². The Balaban J connectivity index is 2.31. The lowest BCUT2D eigenvalue weighted by atomic mass is 10.2. The SMILES string of the molecule is Fc1cc(F)cc(Nc2cc(F)cc(F)c2)c1. The second-order valence-corrected chi connectivity index (χ2v) is 3.44. The zero-order valence-electron chi connectivity index (χ0n) is 8.48. The van der Waals surface area contributed by atoms with Gasteiger partial charge in [0.05, 0.1) is 0 Å². The maximum atomic E-state index is 12.9. The molecule has 0 fully saturated rings. The van der Waals surface area contributed by atoms with Crippen LogP contribution in [0, 0.1) is 23.3 Å². The topological polar surface area (TPSA) is 12.0 Å². The van der Waals surface area contributed by atoms with Gasteiger partial charge in [0.15, 0.2) is 0 Å². The number of nitrogens with one attached hydrogen (secondary N) is 1. The van der Waals surface area contributed by atoms with Crippen molar-refractivity contribution < 1.29 is 17.6 Å². The lowest BCUT2D eigenvalue weighted by Gasteiger charge is -2.07. The molecule has 0 heterocycles. The summed E-state index contributed by atoms with van der Waals surface area (Å²) in [4.78, 5) is 0. The highest BCUT2D eigenvalue weighted by atomic mass is 19.1. The van der Waals surface area contributed by atoms with Crippen LogP contribution in [0.4, 0.5) is 28.9 Å². The number of halogens is 4. The van der Waals surface area contributed by atoms with E-state index in [-0.39, 0.29) is 11.4 Å². The van der Waals surface area contributed by atoms with Crippen LogP contribution >= 0.6 is 0 Å². The van der Waals surface area contributed by atoms with Crippen LogP contribution in [0.3, 0.4) is 0 Å². The van der Waals surface area contributed by atoms with Crippen LogP contribution in [-0.2, 0) is 0 Å². The summed E-state index contributed by atoms with van der Waals surface area (Å²) in [6.45, 7) is 0. The van der Waals surface area contributed by atoms with Gasteiger partial charge in [-0.2, -0.15) is 0 Å². The first kappa shape index (κ1) is 11.4. The zero-order chi connectivity index (χ0) is 12.4. The molecule has 2 aromatic rings. The van der Waals surface area contributed by atoms with Crippen molar-refractivity contribution in [1.29, 1.82) is 0 Å². The monoisotopic (exact) mass is 241 g/mol. The number of rotatable bonds is 2. The largest absolute Gasteiger partial charge is 0.355 e. The predicted molar refractivity (Wildman–Crippen MR) is 56.0 cm³/mol. The van der Waals surface area contributed by atoms with Crippen molar-refractivity contribution in [2.24, 2.45) is 0 Å². The molecule has 1 N–H and O–H groups in total. The smallest absolute Gasteiger partial charge is 0.128 e. The minimum atomic E-state index is -0.774. The average Bonchev–Trinajstić information content (AvgIpc) is 2.13. The summed E-state index contributed by atoms with van der Waals surface area (Å²) in [5, 5.41) is 2.51. The zero-order valence-corrected chi connectivity index (χ0v) is 8.48. The van der Waals surface area contributed by atoms with Crippen molar-refractivity contribution in [3.8, 4) is 0 Å². The van der Waals surface area contributed by atoms with E-state index in [0.29, 0.717) is 12.1 Å². The molecule has 5 heteroatoms. The second kappa shape index (κ2) is 4.45. The van der Waals surface area contributed by atoms with Gasteiger partial charge in [0.25, 0.3) is 0 Å².